The number of carbonyl (C=O) groups excluding carboxylic acids is 2. The van der Waals surface area contributed by atoms with Crippen molar-refractivity contribution < 1.29 is 9.59 Å². The van der Waals surface area contributed by atoms with E-state index >= 15 is 0 Å². The summed E-state index contributed by atoms with van der Waals surface area (Å²) in [7, 11) is 0. The van der Waals surface area contributed by atoms with Crippen LogP contribution in [0.5, 0.6) is 0 Å². The van der Waals surface area contributed by atoms with Crippen LogP contribution in [-0.2, 0) is 9.59 Å². The smallest absolute Gasteiger partial charge is 0.227 e. The van der Waals surface area contributed by atoms with Gasteiger partial charge in [-0.2, -0.15) is 0 Å². The van der Waals surface area contributed by atoms with Crippen molar-refractivity contribution >= 4 is 28.3 Å². The van der Waals surface area contributed by atoms with Crippen LogP contribution in [0.1, 0.15) is 31.9 Å². The largest absolute Gasteiger partial charge is 0.346 e. The van der Waals surface area contributed by atoms with Crippen LogP contribution in [0.15, 0.2) is 5.38 Å². The lowest BCUT2D eigenvalue weighted by atomic mass is 9.96. The highest BCUT2D eigenvalue weighted by Crippen LogP contribution is 2.23. The molecule has 0 saturated carbocycles. The van der Waals surface area contributed by atoms with Gasteiger partial charge in [0.15, 0.2) is 5.13 Å². The molecular formula is C17H26N4O2S. The maximum absolute atomic E-state index is 12.9. The predicted molar refractivity (Wildman–Crippen MR) is 95.2 cm³/mol. The number of aromatic nitrogens is 1. The van der Waals surface area contributed by atoms with Gasteiger partial charge in [-0.15, -0.1) is 11.3 Å². The van der Waals surface area contributed by atoms with Crippen LogP contribution in [0.25, 0.3) is 0 Å². The van der Waals surface area contributed by atoms with Gasteiger partial charge in [-0.3, -0.25) is 9.59 Å². The molecule has 2 amide bonds. The molecule has 3 rings (SSSR count). The Labute approximate surface area is 147 Å². The molecule has 24 heavy (non-hydrogen) atoms. The second-order valence-corrected chi connectivity index (χ2v) is 7.58. The van der Waals surface area contributed by atoms with Gasteiger partial charge in [0.05, 0.1) is 11.6 Å². The van der Waals surface area contributed by atoms with E-state index in [-0.39, 0.29) is 17.7 Å². The monoisotopic (exact) mass is 350 g/mol. The fraction of sp³-hybridized carbons (Fsp3) is 0.706. The van der Waals surface area contributed by atoms with E-state index in [9.17, 15) is 9.59 Å². The van der Waals surface area contributed by atoms with Crippen molar-refractivity contribution in [3.05, 3.63) is 11.1 Å². The first-order valence-corrected chi connectivity index (χ1v) is 9.64. The van der Waals surface area contributed by atoms with Crippen LogP contribution in [0.3, 0.4) is 0 Å². The van der Waals surface area contributed by atoms with Gasteiger partial charge in [-0.25, -0.2) is 4.98 Å². The third kappa shape index (κ3) is 3.88. The van der Waals surface area contributed by atoms with Crippen LogP contribution >= 0.6 is 11.3 Å². The molecule has 6 nitrogen and oxygen atoms in total. The zero-order chi connectivity index (χ0) is 17.1. The Morgan fingerprint density at radius 2 is 1.92 bits per heavy atom. The summed E-state index contributed by atoms with van der Waals surface area (Å²) in [5, 5.41) is 3.13. The molecule has 0 N–H and O–H groups in total. The first-order chi connectivity index (χ1) is 11.5. The van der Waals surface area contributed by atoms with Crippen molar-refractivity contribution in [2.75, 3.05) is 44.2 Å². The summed E-state index contributed by atoms with van der Waals surface area (Å²) >= 11 is 1.67. The van der Waals surface area contributed by atoms with Crippen molar-refractivity contribution in [3.8, 4) is 0 Å². The summed E-state index contributed by atoms with van der Waals surface area (Å²) in [5.74, 6) is 0.267. The van der Waals surface area contributed by atoms with Gasteiger partial charge in [0.25, 0.3) is 0 Å². The molecule has 1 aromatic heterocycles. The second kappa shape index (κ2) is 7.51. The zero-order valence-electron chi connectivity index (χ0n) is 14.5. The number of hydrogen-bond donors (Lipinski definition) is 0. The summed E-state index contributed by atoms with van der Waals surface area (Å²) in [4.78, 5) is 35.1. The molecule has 1 atom stereocenters. The molecule has 1 aromatic rings. The fourth-order valence-electron chi connectivity index (χ4n) is 3.54. The molecule has 0 unspecified atom stereocenters. The molecule has 2 fully saturated rings. The Morgan fingerprint density at radius 1 is 1.12 bits per heavy atom. The number of rotatable bonds is 2. The molecule has 0 aliphatic carbocycles. The lowest BCUT2D eigenvalue weighted by molar-refractivity contribution is -0.140. The average molecular weight is 350 g/mol. The number of nitrogens with zero attached hydrogens (tertiary/aromatic N) is 4. The van der Waals surface area contributed by atoms with E-state index in [1.165, 1.54) is 0 Å². The first kappa shape index (κ1) is 17.2. The van der Waals surface area contributed by atoms with Gasteiger partial charge >= 0.3 is 0 Å². The molecule has 0 radical (unpaired) electrons. The van der Waals surface area contributed by atoms with Gasteiger partial charge in [0, 0.05) is 51.6 Å². The SMILES string of the molecule is CC(=O)N1CCC[C@H](C(=O)N2CCCN(c3nc(C)cs3)CC2)C1. The summed E-state index contributed by atoms with van der Waals surface area (Å²) in [5.41, 5.74) is 1.05. The molecule has 132 valence electrons. The lowest BCUT2D eigenvalue weighted by Crippen LogP contribution is -2.47. The molecular weight excluding hydrogens is 324 g/mol. The molecule has 7 heteroatoms. The first-order valence-electron chi connectivity index (χ1n) is 8.76. The Kier molecular flexibility index (Phi) is 5.38. The second-order valence-electron chi connectivity index (χ2n) is 6.74. The van der Waals surface area contributed by atoms with E-state index < -0.39 is 0 Å². The van der Waals surface area contributed by atoms with E-state index in [1.807, 2.05) is 16.7 Å². The van der Waals surface area contributed by atoms with Gasteiger partial charge in [-0.05, 0) is 26.2 Å². The van der Waals surface area contributed by atoms with Crippen LogP contribution < -0.4 is 4.90 Å². The number of hydrogen-bond acceptors (Lipinski definition) is 5. The van der Waals surface area contributed by atoms with E-state index in [4.69, 9.17) is 0 Å². The quantitative estimate of drug-likeness (QED) is 0.815. The molecule has 2 aliphatic rings. The molecule has 0 spiro atoms. The van der Waals surface area contributed by atoms with Crippen molar-refractivity contribution in [2.24, 2.45) is 5.92 Å². The van der Waals surface area contributed by atoms with E-state index in [0.29, 0.717) is 6.54 Å². The average Bonchev–Trinajstić information content (AvgIpc) is 2.87. The molecule has 2 saturated heterocycles. The molecule has 3 heterocycles. The van der Waals surface area contributed by atoms with E-state index in [1.54, 1.807) is 18.3 Å². The summed E-state index contributed by atoms with van der Waals surface area (Å²) in [6, 6.07) is 0. The van der Waals surface area contributed by atoms with Crippen LogP contribution in [0, 0.1) is 12.8 Å². The third-order valence-corrected chi connectivity index (χ3v) is 5.92. The highest BCUT2D eigenvalue weighted by molar-refractivity contribution is 7.13. The Balaban J connectivity index is 1.59. The maximum atomic E-state index is 12.9. The van der Waals surface area contributed by atoms with E-state index in [2.05, 4.69) is 15.3 Å². The number of thiazole rings is 1. The summed E-state index contributed by atoms with van der Waals surface area (Å²) in [6.07, 6.45) is 2.79. The van der Waals surface area contributed by atoms with Crippen LogP contribution in [0.4, 0.5) is 5.13 Å². The Morgan fingerprint density at radius 3 is 2.62 bits per heavy atom. The number of aryl methyl sites for hydroxylation is 1. The highest BCUT2D eigenvalue weighted by atomic mass is 32.1. The Hall–Kier alpha value is -1.63. The number of anilines is 1. The van der Waals surface area contributed by atoms with Gasteiger partial charge in [-0.1, -0.05) is 0 Å². The number of likely N-dealkylation sites (tertiary alicyclic amines) is 1. The third-order valence-electron chi connectivity index (χ3n) is 4.90. The fourth-order valence-corrected chi connectivity index (χ4v) is 4.40. The number of piperidine rings is 1. The number of amides is 2. The standard InChI is InChI=1S/C17H26N4O2S/c1-13-12-24-17(18-13)20-8-4-7-19(9-10-20)16(23)15-5-3-6-21(11-15)14(2)22/h12,15H,3-11H2,1-2H3/t15-/m0/s1. The van der Waals surface area contributed by atoms with E-state index in [0.717, 1.165) is 62.8 Å². The molecule has 0 bridgehead atoms. The van der Waals surface area contributed by atoms with Crippen LogP contribution in [-0.4, -0.2) is 65.9 Å². The van der Waals surface area contributed by atoms with Crippen LogP contribution in [0.2, 0.25) is 0 Å². The lowest BCUT2D eigenvalue weighted by Gasteiger charge is -2.34. The van der Waals surface area contributed by atoms with Gasteiger partial charge in [0.1, 0.15) is 0 Å². The maximum Gasteiger partial charge on any atom is 0.227 e. The number of carbonyl (C=O) groups is 2. The van der Waals surface area contributed by atoms with Crippen molar-refractivity contribution in [1.29, 1.82) is 0 Å². The minimum Gasteiger partial charge on any atom is -0.346 e. The normalized spacial score (nSPS) is 22.4. The topological polar surface area (TPSA) is 56.8 Å². The summed E-state index contributed by atoms with van der Waals surface area (Å²) in [6.45, 7) is 8.30. The minimum absolute atomic E-state index is 0.0312. The van der Waals surface area contributed by atoms with Crippen molar-refractivity contribution in [2.45, 2.75) is 33.1 Å². The van der Waals surface area contributed by atoms with Gasteiger partial charge < -0.3 is 14.7 Å². The predicted octanol–water partition coefficient (Wildman–Crippen LogP) is 1.75. The zero-order valence-corrected chi connectivity index (χ0v) is 15.3. The summed E-state index contributed by atoms with van der Waals surface area (Å²) < 4.78 is 0. The minimum atomic E-state index is -0.0312. The van der Waals surface area contributed by atoms with Crippen molar-refractivity contribution in [3.63, 3.8) is 0 Å². The van der Waals surface area contributed by atoms with Crippen molar-refractivity contribution in [1.82, 2.24) is 14.8 Å². The molecule has 2 aliphatic heterocycles. The highest BCUT2D eigenvalue weighted by Gasteiger charge is 2.31. The molecule has 0 aromatic carbocycles. The Bertz CT molecular complexity index is 603. The van der Waals surface area contributed by atoms with Gasteiger partial charge in [0.2, 0.25) is 11.8 Å².